The zero-order valence-corrected chi connectivity index (χ0v) is 14.8. The molecular formula is C20H37N. The summed E-state index contributed by atoms with van der Waals surface area (Å²) in [6.45, 7) is 10.9. The molecule has 0 radical (unpaired) electrons. The molecule has 0 saturated heterocycles. The highest BCUT2D eigenvalue weighted by Crippen LogP contribution is 2.64. The normalized spacial score (nSPS) is 50.6. The molecule has 0 amide bonds. The Kier molecular flexibility index (Phi) is 4.19. The van der Waals surface area contributed by atoms with E-state index in [1.165, 1.54) is 51.4 Å². The van der Waals surface area contributed by atoms with E-state index >= 15 is 0 Å². The first kappa shape index (κ1) is 15.8. The van der Waals surface area contributed by atoms with Crippen molar-refractivity contribution in [2.24, 2.45) is 46.2 Å². The number of fused-ring (bicyclic) bond motifs is 3. The first-order valence-corrected chi connectivity index (χ1v) is 9.61. The third-order valence-electron chi connectivity index (χ3n) is 8.21. The van der Waals surface area contributed by atoms with E-state index in [0.29, 0.717) is 10.8 Å². The Bertz CT molecular complexity index is 376. The Morgan fingerprint density at radius 1 is 1.05 bits per heavy atom. The van der Waals surface area contributed by atoms with Crippen LogP contribution in [0.2, 0.25) is 0 Å². The van der Waals surface area contributed by atoms with Gasteiger partial charge in [-0.1, -0.05) is 34.1 Å². The topological polar surface area (TPSA) is 26.0 Å². The van der Waals surface area contributed by atoms with Gasteiger partial charge in [0, 0.05) is 0 Å². The van der Waals surface area contributed by atoms with E-state index in [4.69, 9.17) is 5.73 Å². The molecule has 6 atom stereocenters. The molecule has 0 unspecified atom stereocenters. The second-order valence-corrected chi connectivity index (χ2v) is 9.53. The summed E-state index contributed by atoms with van der Waals surface area (Å²) in [5, 5.41) is 0. The molecule has 3 saturated carbocycles. The molecule has 3 aliphatic carbocycles. The third-order valence-corrected chi connectivity index (χ3v) is 8.21. The molecule has 1 heteroatoms. The largest absolute Gasteiger partial charge is 0.330 e. The molecule has 3 fully saturated rings. The Balaban J connectivity index is 1.82. The zero-order valence-electron chi connectivity index (χ0n) is 14.8. The van der Waals surface area contributed by atoms with Crippen LogP contribution in [0.3, 0.4) is 0 Å². The van der Waals surface area contributed by atoms with Gasteiger partial charge in [-0.25, -0.2) is 0 Å². The Morgan fingerprint density at radius 3 is 2.48 bits per heavy atom. The molecule has 0 aliphatic heterocycles. The van der Waals surface area contributed by atoms with Gasteiger partial charge < -0.3 is 5.73 Å². The minimum absolute atomic E-state index is 0.423. The highest BCUT2D eigenvalue weighted by atomic mass is 14.7. The van der Waals surface area contributed by atoms with Gasteiger partial charge in [0.1, 0.15) is 0 Å². The van der Waals surface area contributed by atoms with Crippen LogP contribution in [0.15, 0.2) is 0 Å². The van der Waals surface area contributed by atoms with Gasteiger partial charge in [-0.15, -0.1) is 0 Å². The Hall–Kier alpha value is -0.0400. The van der Waals surface area contributed by atoms with E-state index in [2.05, 4.69) is 27.7 Å². The fraction of sp³-hybridized carbons (Fsp3) is 1.00. The monoisotopic (exact) mass is 291 g/mol. The van der Waals surface area contributed by atoms with Gasteiger partial charge in [0.15, 0.2) is 0 Å². The second-order valence-electron chi connectivity index (χ2n) is 9.53. The highest BCUT2D eigenvalue weighted by Gasteiger charge is 2.56. The second kappa shape index (κ2) is 5.55. The van der Waals surface area contributed by atoms with Crippen molar-refractivity contribution < 1.29 is 0 Å². The minimum atomic E-state index is 0.423. The molecular weight excluding hydrogens is 254 g/mol. The third kappa shape index (κ3) is 2.48. The van der Waals surface area contributed by atoms with Gasteiger partial charge in [0.2, 0.25) is 0 Å². The molecule has 0 spiro atoms. The van der Waals surface area contributed by atoms with Crippen molar-refractivity contribution in [1.82, 2.24) is 0 Å². The lowest BCUT2D eigenvalue weighted by atomic mass is 9.43. The van der Waals surface area contributed by atoms with Crippen LogP contribution >= 0.6 is 0 Å². The highest BCUT2D eigenvalue weighted by molar-refractivity contribution is 5.06. The Labute approximate surface area is 132 Å². The molecule has 3 rings (SSSR count). The summed E-state index contributed by atoms with van der Waals surface area (Å²) in [7, 11) is 0. The van der Waals surface area contributed by atoms with Crippen molar-refractivity contribution in [3.63, 3.8) is 0 Å². The molecule has 21 heavy (non-hydrogen) atoms. The van der Waals surface area contributed by atoms with Crippen molar-refractivity contribution >= 4 is 0 Å². The quantitative estimate of drug-likeness (QED) is 0.739. The van der Waals surface area contributed by atoms with Crippen molar-refractivity contribution in [2.75, 3.05) is 6.54 Å². The van der Waals surface area contributed by atoms with E-state index in [0.717, 1.165) is 36.1 Å². The van der Waals surface area contributed by atoms with Crippen LogP contribution in [-0.2, 0) is 0 Å². The zero-order chi connectivity index (χ0) is 15.3. The number of rotatable bonds is 2. The van der Waals surface area contributed by atoms with Gasteiger partial charge >= 0.3 is 0 Å². The van der Waals surface area contributed by atoms with Crippen LogP contribution in [0.5, 0.6) is 0 Å². The molecule has 3 aliphatic rings. The van der Waals surface area contributed by atoms with E-state index in [9.17, 15) is 0 Å². The average molecular weight is 292 g/mol. The average Bonchev–Trinajstić information content (AvgIpc) is 2.46. The van der Waals surface area contributed by atoms with Crippen molar-refractivity contribution in [3.05, 3.63) is 0 Å². The van der Waals surface area contributed by atoms with Crippen LogP contribution in [0.25, 0.3) is 0 Å². The molecule has 0 aromatic carbocycles. The molecule has 2 N–H and O–H groups in total. The summed E-state index contributed by atoms with van der Waals surface area (Å²) in [6.07, 6.45) is 11.7. The first-order valence-electron chi connectivity index (χ1n) is 9.61. The summed E-state index contributed by atoms with van der Waals surface area (Å²) < 4.78 is 0. The van der Waals surface area contributed by atoms with Gasteiger partial charge in [0.05, 0.1) is 0 Å². The van der Waals surface area contributed by atoms with Crippen LogP contribution in [-0.4, -0.2) is 6.54 Å². The standard InChI is InChI=1S/C20H37N/c1-14(2)15-6-8-17-16(12-15)7-9-18-19(3,13-21)10-5-11-20(17,18)4/h14-18H,5-13,21H2,1-4H3/t15-,16+,17-,18-,19-,20+/m0/s1. The minimum Gasteiger partial charge on any atom is -0.330 e. The summed E-state index contributed by atoms with van der Waals surface area (Å²) in [4.78, 5) is 0. The lowest BCUT2D eigenvalue weighted by molar-refractivity contribution is -0.119. The summed E-state index contributed by atoms with van der Waals surface area (Å²) in [5.74, 6) is 4.79. The summed E-state index contributed by atoms with van der Waals surface area (Å²) >= 11 is 0. The maximum absolute atomic E-state index is 6.23. The van der Waals surface area contributed by atoms with Crippen LogP contribution < -0.4 is 5.73 Å². The van der Waals surface area contributed by atoms with E-state index in [1.807, 2.05) is 0 Å². The van der Waals surface area contributed by atoms with Gasteiger partial charge in [-0.2, -0.15) is 0 Å². The van der Waals surface area contributed by atoms with Gasteiger partial charge in [0.25, 0.3) is 0 Å². The number of hydrogen-bond acceptors (Lipinski definition) is 1. The van der Waals surface area contributed by atoms with E-state index in [1.54, 1.807) is 0 Å². The fourth-order valence-electron chi connectivity index (χ4n) is 6.86. The molecule has 122 valence electrons. The van der Waals surface area contributed by atoms with Crippen molar-refractivity contribution in [2.45, 2.75) is 79.1 Å². The van der Waals surface area contributed by atoms with Crippen molar-refractivity contribution in [3.8, 4) is 0 Å². The molecule has 0 aromatic heterocycles. The first-order chi connectivity index (χ1) is 9.90. The van der Waals surface area contributed by atoms with Gasteiger partial charge in [-0.3, -0.25) is 0 Å². The van der Waals surface area contributed by atoms with Crippen molar-refractivity contribution in [1.29, 1.82) is 0 Å². The summed E-state index contributed by atoms with van der Waals surface area (Å²) in [6, 6.07) is 0. The maximum Gasteiger partial charge on any atom is -0.00203 e. The number of nitrogens with two attached hydrogens (primary N) is 1. The Morgan fingerprint density at radius 2 is 1.81 bits per heavy atom. The molecule has 0 aromatic rings. The lowest BCUT2D eigenvalue weighted by Gasteiger charge is -2.62. The predicted molar refractivity (Wildman–Crippen MR) is 91.0 cm³/mol. The lowest BCUT2D eigenvalue weighted by Crippen LogP contribution is -2.55. The van der Waals surface area contributed by atoms with Gasteiger partial charge in [-0.05, 0) is 91.9 Å². The molecule has 0 bridgehead atoms. The smallest absolute Gasteiger partial charge is 0.00203 e. The van der Waals surface area contributed by atoms with E-state index < -0.39 is 0 Å². The fourth-order valence-corrected chi connectivity index (χ4v) is 6.86. The maximum atomic E-state index is 6.23. The molecule has 0 heterocycles. The van der Waals surface area contributed by atoms with E-state index in [-0.39, 0.29) is 0 Å². The van der Waals surface area contributed by atoms with Crippen LogP contribution in [0, 0.1) is 40.4 Å². The van der Waals surface area contributed by atoms with Crippen LogP contribution in [0.1, 0.15) is 79.1 Å². The summed E-state index contributed by atoms with van der Waals surface area (Å²) in [5.41, 5.74) is 7.25. The predicted octanol–water partition coefficient (Wildman–Crippen LogP) is 5.24. The SMILES string of the molecule is CC(C)[C@H]1CC[C@H]2[C@H](CC[C@H]3[C@](C)(CN)CCC[C@]23C)C1. The number of hydrogen-bond donors (Lipinski definition) is 1. The van der Waals surface area contributed by atoms with Crippen LogP contribution in [0.4, 0.5) is 0 Å². The molecule has 1 nitrogen and oxygen atoms in total.